The molecule has 114 valence electrons. The Morgan fingerprint density at radius 2 is 1.95 bits per heavy atom. The van der Waals surface area contributed by atoms with Crippen LogP contribution in [0, 0.1) is 0 Å². The van der Waals surface area contributed by atoms with E-state index in [4.69, 9.17) is 5.11 Å². The Hall–Kier alpha value is -1.89. The van der Waals surface area contributed by atoms with Gasteiger partial charge in [0.15, 0.2) is 0 Å². The molecule has 6 nitrogen and oxygen atoms in total. The largest absolute Gasteiger partial charge is 0.478 e. The molecule has 0 spiro atoms. The first-order valence-corrected chi connectivity index (χ1v) is 8.04. The summed E-state index contributed by atoms with van der Waals surface area (Å²) in [5.41, 5.74) is -0.975. The van der Waals surface area contributed by atoms with Crippen LogP contribution in [-0.4, -0.2) is 35.2 Å². The Morgan fingerprint density at radius 3 is 2.48 bits per heavy atom. The third-order valence-corrected chi connectivity index (χ3v) is 5.61. The topological polar surface area (TPSA) is 91.8 Å². The van der Waals surface area contributed by atoms with Crippen molar-refractivity contribution in [3.8, 4) is 0 Å². The quantitative estimate of drug-likeness (QED) is 0.919. The molecule has 0 radical (unpaired) electrons. The molecule has 1 amide bonds. The second-order valence-electron chi connectivity index (χ2n) is 5.65. The van der Waals surface area contributed by atoms with E-state index in [1.807, 2.05) is 6.92 Å². The highest BCUT2D eigenvalue weighted by atomic mass is 32.2. The zero-order valence-corrected chi connectivity index (χ0v) is 12.9. The first-order valence-electron chi connectivity index (χ1n) is 6.60. The number of rotatable bonds is 4. The van der Waals surface area contributed by atoms with E-state index in [0.29, 0.717) is 6.42 Å². The Balaban J connectivity index is 2.63. The molecule has 0 saturated carbocycles. The van der Waals surface area contributed by atoms with Crippen molar-refractivity contribution in [3.05, 3.63) is 29.3 Å². The number of carboxylic acid groups (broad SMARTS) is 1. The summed E-state index contributed by atoms with van der Waals surface area (Å²) < 4.78 is 26.1. The highest BCUT2D eigenvalue weighted by Crippen LogP contribution is 2.37. The van der Waals surface area contributed by atoms with E-state index in [2.05, 4.69) is 0 Å². The van der Waals surface area contributed by atoms with E-state index in [1.54, 1.807) is 13.8 Å². The molecule has 0 unspecified atom stereocenters. The summed E-state index contributed by atoms with van der Waals surface area (Å²) in [6.07, 6.45) is 1.25. The molecule has 1 aliphatic rings. The second-order valence-corrected chi connectivity index (χ2v) is 7.41. The summed E-state index contributed by atoms with van der Waals surface area (Å²) in [4.78, 5) is 23.2. The zero-order valence-electron chi connectivity index (χ0n) is 12.1. The Bertz CT molecular complexity index is 721. The summed E-state index contributed by atoms with van der Waals surface area (Å²) in [7, 11) is -4.01. The van der Waals surface area contributed by atoms with Gasteiger partial charge in [0, 0.05) is 0 Å². The van der Waals surface area contributed by atoms with Gasteiger partial charge in [0.05, 0.1) is 16.7 Å². The number of nitrogens with zero attached hydrogens (tertiary/aromatic N) is 1. The van der Waals surface area contributed by atoms with E-state index in [0.717, 1.165) is 16.8 Å². The van der Waals surface area contributed by atoms with Gasteiger partial charge in [-0.15, -0.1) is 0 Å². The van der Waals surface area contributed by atoms with Gasteiger partial charge >= 0.3 is 5.97 Å². The van der Waals surface area contributed by atoms with Gasteiger partial charge in [-0.25, -0.2) is 17.5 Å². The molecular formula is C14H17NO5S. The van der Waals surface area contributed by atoms with Crippen LogP contribution in [0.3, 0.4) is 0 Å². The third-order valence-electron chi connectivity index (χ3n) is 3.57. The number of fused-ring (bicyclic) bond motifs is 1. The predicted molar refractivity (Wildman–Crippen MR) is 75.7 cm³/mol. The molecule has 2 rings (SSSR count). The van der Waals surface area contributed by atoms with Crippen molar-refractivity contribution in [2.45, 2.75) is 44.0 Å². The number of amides is 1. The van der Waals surface area contributed by atoms with E-state index in [1.165, 1.54) is 12.1 Å². The van der Waals surface area contributed by atoms with Crippen molar-refractivity contribution in [2.24, 2.45) is 0 Å². The van der Waals surface area contributed by atoms with Crippen LogP contribution >= 0.6 is 0 Å². The van der Waals surface area contributed by atoms with Crippen LogP contribution < -0.4 is 0 Å². The van der Waals surface area contributed by atoms with Crippen LogP contribution in [0.25, 0.3) is 0 Å². The number of carboxylic acids is 1. The number of hydrogen-bond donors (Lipinski definition) is 1. The van der Waals surface area contributed by atoms with Crippen LogP contribution in [0.1, 0.15) is 54.3 Å². The molecule has 1 aromatic rings. The average Bonchev–Trinajstić information content (AvgIpc) is 2.56. The molecule has 1 aromatic carbocycles. The van der Waals surface area contributed by atoms with Crippen LogP contribution in [0.4, 0.5) is 0 Å². The summed E-state index contributed by atoms with van der Waals surface area (Å²) in [6.45, 7) is 5.29. The fourth-order valence-corrected chi connectivity index (χ4v) is 4.64. The number of aromatic carboxylic acids is 1. The van der Waals surface area contributed by atoms with Crippen LogP contribution in [-0.2, 0) is 10.0 Å². The molecule has 1 aliphatic heterocycles. The Labute approximate surface area is 123 Å². The highest BCUT2D eigenvalue weighted by molar-refractivity contribution is 7.90. The van der Waals surface area contributed by atoms with Gasteiger partial charge < -0.3 is 5.11 Å². The van der Waals surface area contributed by atoms with Crippen molar-refractivity contribution in [3.63, 3.8) is 0 Å². The monoisotopic (exact) mass is 311 g/mol. The molecule has 0 aromatic heterocycles. The van der Waals surface area contributed by atoms with Gasteiger partial charge in [0.25, 0.3) is 15.9 Å². The summed E-state index contributed by atoms with van der Waals surface area (Å²) in [5.74, 6) is -1.83. The van der Waals surface area contributed by atoms with Gasteiger partial charge in [-0.2, -0.15) is 0 Å². The summed E-state index contributed by atoms with van der Waals surface area (Å²) >= 11 is 0. The lowest BCUT2D eigenvalue weighted by molar-refractivity contribution is 0.0693. The smallest absolute Gasteiger partial charge is 0.335 e. The van der Waals surface area contributed by atoms with Crippen molar-refractivity contribution >= 4 is 21.9 Å². The van der Waals surface area contributed by atoms with E-state index in [9.17, 15) is 18.0 Å². The van der Waals surface area contributed by atoms with Gasteiger partial charge in [-0.3, -0.25) is 4.79 Å². The molecule has 0 atom stereocenters. The second kappa shape index (κ2) is 4.84. The standard InChI is InChI=1S/C14H17NO5S/c1-4-7-14(2,3)15-12(16)10-6-5-9(13(17)18)8-11(10)21(15,19)20/h5-6,8H,4,7H2,1-3H3,(H,17,18). The fourth-order valence-electron chi connectivity index (χ4n) is 2.68. The molecule has 1 heterocycles. The predicted octanol–water partition coefficient (Wildman–Crippen LogP) is 2.11. The average molecular weight is 311 g/mol. The number of sulfonamides is 1. The Kier molecular flexibility index (Phi) is 3.57. The minimum atomic E-state index is -4.01. The molecule has 0 saturated heterocycles. The number of carbonyl (C=O) groups excluding carboxylic acids is 1. The molecule has 7 heteroatoms. The van der Waals surface area contributed by atoms with Gasteiger partial charge in [0.2, 0.25) is 0 Å². The van der Waals surface area contributed by atoms with Crippen LogP contribution in [0.5, 0.6) is 0 Å². The molecular weight excluding hydrogens is 294 g/mol. The third kappa shape index (κ3) is 2.31. The summed E-state index contributed by atoms with van der Waals surface area (Å²) in [6, 6.07) is 3.55. The van der Waals surface area contributed by atoms with E-state index >= 15 is 0 Å². The maximum Gasteiger partial charge on any atom is 0.335 e. The summed E-state index contributed by atoms with van der Waals surface area (Å²) in [5, 5.41) is 8.97. The number of benzene rings is 1. The molecule has 0 bridgehead atoms. The lowest BCUT2D eigenvalue weighted by atomic mass is 9.98. The minimum absolute atomic E-state index is 0.0316. The number of carbonyl (C=O) groups is 2. The Morgan fingerprint density at radius 1 is 1.33 bits per heavy atom. The van der Waals surface area contributed by atoms with Gasteiger partial charge in [-0.1, -0.05) is 13.3 Å². The first kappa shape index (κ1) is 15.5. The molecule has 1 N–H and O–H groups in total. The van der Waals surface area contributed by atoms with Gasteiger partial charge in [-0.05, 0) is 38.5 Å². The van der Waals surface area contributed by atoms with Crippen molar-refractivity contribution in [1.29, 1.82) is 0 Å². The van der Waals surface area contributed by atoms with Gasteiger partial charge in [0.1, 0.15) is 4.90 Å². The lowest BCUT2D eigenvalue weighted by Crippen LogP contribution is -2.47. The molecule has 21 heavy (non-hydrogen) atoms. The lowest BCUT2D eigenvalue weighted by Gasteiger charge is -2.33. The molecule has 0 fully saturated rings. The molecule has 0 aliphatic carbocycles. The van der Waals surface area contributed by atoms with Crippen molar-refractivity contribution in [1.82, 2.24) is 4.31 Å². The normalized spacial score (nSPS) is 16.9. The van der Waals surface area contributed by atoms with E-state index < -0.39 is 27.4 Å². The van der Waals surface area contributed by atoms with Crippen LogP contribution in [0.2, 0.25) is 0 Å². The van der Waals surface area contributed by atoms with Crippen molar-refractivity contribution < 1.29 is 23.1 Å². The SMILES string of the molecule is CCCC(C)(C)N1C(=O)c2ccc(C(=O)O)cc2S1(=O)=O. The maximum absolute atomic E-state index is 12.6. The van der Waals surface area contributed by atoms with E-state index in [-0.39, 0.29) is 16.0 Å². The van der Waals surface area contributed by atoms with Crippen LogP contribution in [0.15, 0.2) is 23.1 Å². The zero-order chi connectivity index (χ0) is 16.0. The highest BCUT2D eigenvalue weighted by Gasteiger charge is 2.48. The first-order chi connectivity index (χ1) is 9.63. The minimum Gasteiger partial charge on any atom is -0.478 e. The maximum atomic E-state index is 12.6. The number of hydrogen-bond acceptors (Lipinski definition) is 4. The van der Waals surface area contributed by atoms with Crippen molar-refractivity contribution in [2.75, 3.05) is 0 Å². The fraction of sp³-hybridized carbons (Fsp3) is 0.429.